The van der Waals surface area contributed by atoms with Gasteiger partial charge in [0, 0.05) is 12.1 Å². The van der Waals surface area contributed by atoms with E-state index in [-0.39, 0.29) is 18.0 Å². The van der Waals surface area contributed by atoms with E-state index in [0.29, 0.717) is 16.5 Å². The Kier molecular flexibility index (Phi) is 6.46. The normalized spacial score (nSPS) is 10.1. The summed E-state index contributed by atoms with van der Waals surface area (Å²) < 4.78 is 5.20. The number of nitrogens with one attached hydrogen (secondary N) is 2. The number of anilines is 1. The number of ether oxygens (including phenoxy) is 1. The van der Waals surface area contributed by atoms with E-state index in [1.165, 1.54) is 0 Å². The number of amides is 2. The fraction of sp³-hybridized carbons (Fsp3) is 0.176. The van der Waals surface area contributed by atoms with Gasteiger partial charge in [0.2, 0.25) is 11.8 Å². The largest absolute Gasteiger partial charge is 0.496 e. The molecule has 2 aromatic carbocycles. The molecule has 0 saturated carbocycles. The number of hydrogen-bond acceptors (Lipinski definition) is 3. The highest BCUT2D eigenvalue weighted by Gasteiger charge is 2.13. The highest BCUT2D eigenvalue weighted by molar-refractivity contribution is 6.44. The minimum Gasteiger partial charge on any atom is -0.496 e. The molecule has 0 atom stereocenters. The summed E-state index contributed by atoms with van der Waals surface area (Å²) in [4.78, 5) is 23.8. The third kappa shape index (κ3) is 4.88. The lowest BCUT2D eigenvalue weighted by Crippen LogP contribution is -2.28. The highest BCUT2D eigenvalue weighted by Crippen LogP contribution is 2.29. The summed E-state index contributed by atoms with van der Waals surface area (Å²) in [5.74, 6) is -0.207. The van der Waals surface area contributed by atoms with Crippen LogP contribution in [0, 0.1) is 0 Å². The van der Waals surface area contributed by atoms with Crippen LogP contribution in [0.25, 0.3) is 0 Å². The number of carbonyl (C=O) groups is 2. The zero-order valence-corrected chi connectivity index (χ0v) is 14.4. The average molecular weight is 367 g/mol. The maximum atomic E-state index is 11.9. The Hall–Kier alpha value is -2.24. The Morgan fingerprint density at radius 1 is 1.04 bits per heavy atom. The van der Waals surface area contributed by atoms with Gasteiger partial charge >= 0.3 is 0 Å². The summed E-state index contributed by atoms with van der Waals surface area (Å²) in [5.41, 5.74) is 1.19. The molecule has 2 N–H and O–H groups in total. The van der Waals surface area contributed by atoms with Gasteiger partial charge in [-0.3, -0.25) is 9.59 Å². The van der Waals surface area contributed by atoms with Gasteiger partial charge in [0.1, 0.15) is 12.2 Å². The molecule has 7 heteroatoms. The predicted octanol–water partition coefficient (Wildman–Crippen LogP) is 3.65. The zero-order valence-electron chi connectivity index (χ0n) is 12.9. The van der Waals surface area contributed by atoms with Gasteiger partial charge in [0.25, 0.3) is 0 Å². The number of benzene rings is 2. The lowest BCUT2D eigenvalue weighted by Gasteiger charge is -2.10. The number of para-hydroxylation sites is 1. The van der Waals surface area contributed by atoms with Crippen LogP contribution in [-0.2, 0) is 16.1 Å². The van der Waals surface area contributed by atoms with Crippen LogP contribution in [0.3, 0.4) is 0 Å². The molecule has 0 spiro atoms. The summed E-state index contributed by atoms with van der Waals surface area (Å²) in [6, 6.07) is 12.2. The lowest BCUT2D eigenvalue weighted by molar-refractivity contribution is -0.126. The van der Waals surface area contributed by atoms with Crippen molar-refractivity contribution in [2.45, 2.75) is 13.0 Å². The van der Waals surface area contributed by atoms with Crippen LogP contribution in [0.15, 0.2) is 42.5 Å². The quantitative estimate of drug-likeness (QED) is 0.766. The van der Waals surface area contributed by atoms with E-state index in [1.54, 1.807) is 31.4 Å². The Balaban J connectivity index is 1.88. The first-order valence-electron chi connectivity index (χ1n) is 7.13. The van der Waals surface area contributed by atoms with Crippen LogP contribution in [0.5, 0.6) is 5.75 Å². The summed E-state index contributed by atoms with van der Waals surface area (Å²) in [7, 11) is 1.56. The molecule has 0 unspecified atom stereocenters. The van der Waals surface area contributed by atoms with Crippen LogP contribution in [-0.4, -0.2) is 18.9 Å². The number of methoxy groups -OCH3 is 1. The molecule has 0 bridgehead atoms. The van der Waals surface area contributed by atoms with Crippen molar-refractivity contribution in [2.24, 2.45) is 0 Å². The molecular weight excluding hydrogens is 351 g/mol. The summed E-state index contributed by atoms with van der Waals surface area (Å²) in [6.45, 7) is 0.272. The van der Waals surface area contributed by atoms with E-state index in [0.717, 1.165) is 5.56 Å². The van der Waals surface area contributed by atoms with Gasteiger partial charge in [-0.25, -0.2) is 0 Å². The number of hydrogen-bond donors (Lipinski definition) is 2. The van der Waals surface area contributed by atoms with Crippen LogP contribution >= 0.6 is 23.2 Å². The number of halogens is 2. The number of carbonyl (C=O) groups excluding carboxylic acids is 2. The summed E-state index contributed by atoms with van der Waals surface area (Å²) in [6.07, 6.45) is -0.321. The van der Waals surface area contributed by atoms with Crippen molar-refractivity contribution in [3.8, 4) is 5.75 Å². The Labute approximate surface area is 149 Å². The molecule has 2 rings (SSSR count). The fourth-order valence-corrected chi connectivity index (χ4v) is 2.39. The van der Waals surface area contributed by atoms with Crippen molar-refractivity contribution in [1.82, 2.24) is 5.32 Å². The predicted molar refractivity (Wildman–Crippen MR) is 94.5 cm³/mol. The summed E-state index contributed by atoms with van der Waals surface area (Å²) in [5, 5.41) is 5.81. The van der Waals surface area contributed by atoms with Gasteiger partial charge in [-0.05, 0) is 18.2 Å². The molecule has 0 aromatic heterocycles. The molecule has 126 valence electrons. The standard InChI is InChI=1S/C17H16Cl2N2O3/c1-24-14-8-3-2-5-11(14)10-20-15(22)9-16(23)21-13-7-4-6-12(18)17(13)19/h2-8H,9-10H2,1H3,(H,20,22)(H,21,23). The van der Waals surface area contributed by atoms with Gasteiger partial charge < -0.3 is 15.4 Å². The van der Waals surface area contributed by atoms with E-state index in [1.807, 2.05) is 18.2 Å². The minimum atomic E-state index is -0.475. The van der Waals surface area contributed by atoms with Gasteiger partial charge in [-0.15, -0.1) is 0 Å². The smallest absolute Gasteiger partial charge is 0.233 e. The molecule has 2 amide bonds. The Morgan fingerprint density at radius 2 is 1.79 bits per heavy atom. The molecule has 0 heterocycles. The van der Waals surface area contributed by atoms with Crippen molar-refractivity contribution in [1.29, 1.82) is 0 Å². The Bertz CT molecular complexity index is 750. The summed E-state index contributed by atoms with van der Waals surface area (Å²) >= 11 is 11.9. The van der Waals surface area contributed by atoms with Crippen molar-refractivity contribution in [3.63, 3.8) is 0 Å². The van der Waals surface area contributed by atoms with E-state index in [2.05, 4.69) is 10.6 Å². The topological polar surface area (TPSA) is 67.4 Å². The van der Waals surface area contributed by atoms with Crippen molar-refractivity contribution in [3.05, 3.63) is 58.1 Å². The lowest BCUT2D eigenvalue weighted by atomic mass is 10.2. The average Bonchev–Trinajstić information content (AvgIpc) is 2.57. The Morgan fingerprint density at radius 3 is 2.54 bits per heavy atom. The zero-order chi connectivity index (χ0) is 17.5. The first-order chi connectivity index (χ1) is 11.5. The molecule has 0 aliphatic rings. The third-order valence-electron chi connectivity index (χ3n) is 3.22. The van der Waals surface area contributed by atoms with Crippen LogP contribution in [0.2, 0.25) is 10.0 Å². The SMILES string of the molecule is COc1ccccc1CNC(=O)CC(=O)Nc1cccc(Cl)c1Cl. The molecule has 0 fully saturated rings. The fourth-order valence-electron chi connectivity index (χ4n) is 2.05. The van der Waals surface area contributed by atoms with E-state index in [4.69, 9.17) is 27.9 Å². The highest BCUT2D eigenvalue weighted by atomic mass is 35.5. The van der Waals surface area contributed by atoms with Crippen molar-refractivity contribution >= 4 is 40.7 Å². The second kappa shape index (κ2) is 8.57. The van der Waals surface area contributed by atoms with Crippen LogP contribution < -0.4 is 15.4 Å². The van der Waals surface area contributed by atoms with Crippen LogP contribution in [0.1, 0.15) is 12.0 Å². The van der Waals surface area contributed by atoms with Gasteiger partial charge in [0.05, 0.1) is 22.8 Å². The molecule has 0 radical (unpaired) electrons. The molecule has 0 aliphatic heterocycles. The first-order valence-corrected chi connectivity index (χ1v) is 7.89. The van der Waals surface area contributed by atoms with Crippen molar-refractivity contribution < 1.29 is 14.3 Å². The molecular formula is C17H16Cl2N2O3. The third-order valence-corrected chi connectivity index (χ3v) is 4.03. The molecule has 0 aliphatic carbocycles. The van der Waals surface area contributed by atoms with Gasteiger partial charge in [0.15, 0.2) is 0 Å². The maximum Gasteiger partial charge on any atom is 0.233 e. The van der Waals surface area contributed by atoms with E-state index >= 15 is 0 Å². The second-order valence-electron chi connectivity index (χ2n) is 4.91. The second-order valence-corrected chi connectivity index (χ2v) is 5.70. The van der Waals surface area contributed by atoms with Crippen molar-refractivity contribution in [2.75, 3.05) is 12.4 Å². The number of rotatable bonds is 6. The van der Waals surface area contributed by atoms with E-state index < -0.39 is 11.8 Å². The molecule has 5 nitrogen and oxygen atoms in total. The molecule has 24 heavy (non-hydrogen) atoms. The first kappa shape index (κ1) is 18.1. The minimum absolute atomic E-state index is 0.238. The monoisotopic (exact) mass is 366 g/mol. The van der Waals surface area contributed by atoms with Gasteiger partial charge in [-0.2, -0.15) is 0 Å². The maximum absolute atomic E-state index is 11.9. The van der Waals surface area contributed by atoms with Gasteiger partial charge in [-0.1, -0.05) is 47.5 Å². The van der Waals surface area contributed by atoms with Crippen LogP contribution in [0.4, 0.5) is 5.69 Å². The van der Waals surface area contributed by atoms with E-state index in [9.17, 15) is 9.59 Å². The molecule has 2 aromatic rings. The molecule has 0 saturated heterocycles.